The van der Waals surface area contributed by atoms with Gasteiger partial charge in [0.15, 0.2) is 11.4 Å². The molecule has 140 valence electrons. The highest BCUT2D eigenvalue weighted by Crippen LogP contribution is 2.47. The zero-order valence-electron chi connectivity index (χ0n) is 15.3. The lowest BCUT2D eigenvalue weighted by atomic mass is 9.91. The molecule has 2 atom stereocenters. The number of Topliss-reactive ketones (excluding diaryl/α,β-unsaturated/α-hetero) is 1. The molecule has 2 aromatic rings. The van der Waals surface area contributed by atoms with Crippen LogP contribution in [0, 0.1) is 5.82 Å². The number of aryl methyl sites for hydroxylation is 1. The van der Waals surface area contributed by atoms with Crippen LogP contribution in [-0.4, -0.2) is 18.0 Å². The molecule has 1 aromatic heterocycles. The molecule has 0 saturated carbocycles. The number of carbonyl (C=O) groups excluding carboxylic acids is 1. The first-order chi connectivity index (χ1) is 13.0. The Hall–Kier alpha value is -2.89. The fourth-order valence-corrected chi connectivity index (χ4v) is 3.70. The van der Waals surface area contributed by atoms with Gasteiger partial charge in [0.1, 0.15) is 29.3 Å². The third-order valence-electron chi connectivity index (χ3n) is 4.85. The van der Waals surface area contributed by atoms with Gasteiger partial charge in [0, 0.05) is 12.0 Å². The number of fused-ring (bicyclic) bond motifs is 6. The maximum absolute atomic E-state index is 14.5. The second-order valence-corrected chi connectivity index (χ2v) is 6.71. The summed E-state index contributed by atoms with van der Waals surface area (Å²) in [4.78, 5) is 24.8. The van der Waals surface area contributed by atoms with Gasteiger partial charge in [-0.1, -0.05) is 13.0 Å². The van der Waals surface area contributed by atoms with Gasteiger partial charge in [-0.05, 0) is 38.5 Å². The molecule has 3 heterocycles. The van der Waals surface area contributed by atoms with Gasteiger partial charge in [-0.2, -0.15) is 4.39 Å². The third kappa shape index (κ3) is 2.59. The number of halogens is 1. The highest BCUT2D eigenvalue weighted by molar-refractivity contribution is 6.13. The zero-order chi connectivity index (χ0) is 19.3. The molecule has 6 heteroatoms. The summed E-state index contributed by atoms with van der Waals surface area (Å²) in [6.45, 7) is 5.41. The Bertz CT molecular complexity index is 1080. The summed E-state index contributed by atoms with van der Waals surface area (Å²) in [5.74, 6) is -0.452. The van der Waals surface area contributed by atoms with Crippen LogP contribution in [0.4, 0.5) is 4.39 Å². The Kier molecular flexibility index (Phi) is 4.13. The second-order valence-electron chi connectivity index (χ2n) is 6.71. The number of hydrogen-bond acceptors (Lipinski definition) is 5. The van der Waals surface area contributed by atoms with Crippen molar-refractivity contribution in [1.29, 1.82) is 0 Å². The smallest absolute Gasteiger partial charge is 0.372 e. The molecule has 0 radical (unpaired) electrons. The summed E-state index contributed by atoms with van der Waals surface area (Å²) in [7, 11) is 0. The van der Waals surface area contributed by atoms with E-state index in [-0.39, 0.29) is 47.5 Å². The van der Waals surface area contributed by atoms with Crippen molar-refractivity contribution in [3.63, 3.8) is 0 Å². The van der Waals surface area contributed by atoms with Gasteiger partial charge in [-0.25, -0.2) is 4.79 Å². The van der Waals surface area contributed by atoms with Crippen molar-refractivity contribution in [3.05, 3.63) is 51.2 Å². The van der Waals surface area contributed by atoms with Crippen LogP contribution >= 0.6 is 0 Å². The number of allylic oxidation sites excluding steroid dienone is 1. The Morgan fingerprint density at radius 3 is 2.74 bits per heavy atom. The molecule has 0 fully saturated rings. The van der Waals surface area contributed by atoms with Crippen LogP contribution in [-0.2, 0) is 6.42 Å². The predicted molar refractivity (Wildman–Crippen MR) is 99.1 cm³/mol. The summed E-state index contributed by atoms with van der Waals surface area (Å²) in [6, 6.07) is 0. The lowest BCUT2D eigenvalue weighted by Gasteiger charge is -2.29. The molecule has 4 rings (SSSR count). The Labute approximate surface area is 155 Å². The number of carbonyl (C=O) groups is 1. The average Bonchev–Trinajstić information content (AvgIpc) is 2.63. The quantitative estimate of drug-likeness (QED) is 0.586. The van der Waals surface area contributed by atoms with Gasteiger partial charge < -0.3 is 13.9 Å². The van der Waals surface area contributed by atoms with Crippen molar-refractivity contribution in [2.75, 3.05) is 0 Å². The van der Waals surface area contributed by atoms with Gasteiger partial charge in [0.2, 0.25) is 5.82 Å². The van der Waals surface area contributed by atoms with Crippen molar-refractivity contribution in [2.24, 2.45) is 0 Å². The number of ketones is 1. The molecule has 2 aliphatic rings. The highest BCUT2D eigenvalue weighted by atomic mass is 19.1. The van der Waals surface area contributed by atoms with E-state index in [1.807, 2.05) is 31.2 Å². The van der Waals surface area contributed by atoms with E-state index < -0.39 is 11.4 Å². The normalized spacial score (nSPS) is 21.1. The van der Waals surface area contributed by atoms with Crippen molar-refractivity contribution in [2.45, 2.75) is 45.8 Å². The maximum atomic E-state index is 14.5. The zero-order valence-corrected chi connectivity index (χ0v) is 15.3. The molecule has 1 aromatic carbocycles. The van der Waals surface area contributed by atoms with E-state index in [0.29, 0.717) is 22.4 Å². The molecule has 0 amide bonds. The van der Waals surface area contributed by atoms with Gasteiger partial charge >= 0.3 is 5.63 Å². The first kappa shape index (κ1) is 17.5. The van der Waals surface area contributed by atoms with Crippen molar-refractivity contribution < 1.29 is 23.1 Å². The first-order valence-electron chi connectivity index (χ1n) is 8.98. The predicted octanol–water partition coefficient (Wildman–Crippen LogP) is 4.20. The SMILES string of the molecule is C/C=C/C1C=Cc2c3c(c4oc(=O)c(F)c(CC)c4c2O1)C(=O)CC(C)O3. The molecule has 0 aliphatic carbocycles. The molecule has 5 nitrogen and oxygen atoms in total. The van der Waals surface area contributed by atoms with E-state index in [2.05, 4.69) is 0 Å². The Morgan fingerprint density at radius 1 is 1.26 bits per heavy atom. The number of benzene rings is 1. The van der Waals surface area contributed by atoms with E-state index in [9.17, 15) is 14.0 Å². The molecule has 0 saturated heterocycles. The van der Waals surface area contributed by atoms with Crippen LogP contribution in [0.5, 0.6) is 11.5 Å². The van der Waals surface area contributed by atoms with Crippen LogP contribution in [0.1, 0.15) is 48.7 Å². The lowest BCUT2D eigenvalue weighted by Crippen LogP contribution is -2.27. The van der Waals surface area contributed by atoms with Crippen LogP contribution < -0.4 is 15.1 Å². The van der Waals surface area contributed by atoms with Crippen LogP contribution in [0.2, 0.25) is 0 Å². The molecular weight excluding hydrogens is 351 g/mol. The van der Waals surface area contributed by atoms with Gasteiger partial charge in [0.05, 0.1) is 10.9 Å². The summed E-state index contributed by atoms with van der Waals surface area (Å²) in [5.41, 5.74) is -0.114. The molecule has 0 N–H and O–H groups in total. The van der Waals surface area contributed by atoms with Crippen molar-refractivity contribution in [1.82, 2.24) is 0 Å². The standard InChI is InChI=1S/C21H19FO5/c1-4-6-11-7-8-13-18(26-11)15-12(5-2)17(22)21(24)27-20(15)16-14(23)9-10(3)25-19(13)16/h4,6-8,10-11H,5,9H2,1-3H3/b6-4+. The molecule has 27 heavy (non-hydrogen) atoms. The highest BCUT2D eigenvalue weighted by Gasteiger charge is 2.35. The summed E-state index contributed by atoms with van der Waals surface area (Å²) >= 11 is 0. The van der Waals surface area contributed by atoms with Gasteiger partial charge in [-0.3, -0.25) is 4.79 Å². The fraction of sp³-hybridized carbons (Fsp3) is 0.333. The largest absolute Gasteiger partial charge is 0.489 e. The Balaban J connectivity index is 2.17. The topological polar surface area (TPSA) is 65.7 Å². The number of ether oxygens (including phenoxy) is 2. The monoisotopic (exact) mass is 370 g/mol. The molecule has 0 spiro atoms. The molecule has 0 bridgehead atoms. The van der Waals surface area contributed by atoms with Crippen LogP contribution in [0.25, 0.3) is 17.0 Å². The number of hydrogen-bond donors (Lipinski definition) is 0. The van der Waals surface area contributed by atoms with E-state index in [1.54, 1.807) is 13.8 Å². The van der Waals surface area contributed by atoms with E-state index >= 15 is 0 Å². The number of rotatable bonds is 2. The first-order valence-corrected chi connectivity index (χ1v) is 8.98. The minimum Gasteiger partial charge on any atom is -0.489 e. The van der Waals surface area contributed by atoms with E-state index in [4.69, 9.17) is 13.9 Å². The molecular formula is C21H19FO5. The maximum Gasteiger partial charge on any atom is 0.372 e. The average molecular weight is 370 g/mol. The minimum atomic E-state index is -1.09. The molecule has 2 unspecified atom stereocenters. The summed E-state index contributed by atoms with van der Waals surface area (Å²) in [5, 5.41) is 0.328. The van der Waals surface area contributed by atoms with Crippen LogP contribution in [0.15, 0.2) is 27.4 Å². The van der Waals surface area contributed by atoms with E-state index in [0.717, 1.165) is 0 Å². The van der Waals surface area contributed by atoms with Crippen molar-refractivity contribution in [3.8, 4) is 11.5 Å². The minimum absolute atomic E-state index is 0.0402. The van der Waals surface area contributed by atoms with Gasteiger partial charge in [0.25, 0.3) is 0 Å². The summed E-state index contributed by atoms with van der Waals surface area (Å²) in [6.07, 6.45) is 7.11. The van der Waals surface area contributed by atoms with Crippen LogP contribution in [0.3, 0.4) is 0 Å². The second kappa shape index (κ2) is 6.37. The van der Waals surface area contributed by atoms with E-state index in [1.165, 1.54) is 0 Å². The Morgan fingerprint density at radius 2 is 2.04 bits per heavy atom. The lowest BCUT2D eigenvalue weighted by molar-refractivity contribution is 0.0870. The third-order valence-corrected chi connectivity index (χ3v) is 4.85. The van der Waals surface area contributed by atoms with Gasteiger partial charge in [-0.15, -0.1) is 0 Å². The summed E-state index contributed by atoms with van der Waals surface area (Å²) < 4.78 is 31.8. The van der Waals surface area contributed by atoms with Crippen molar-refractivity contribution >= 4 is 22.8 Å². The molecule has 2 aliphatic heterocycles. The fourth-order valence-electron chi connectivity index (χ4n) is 3.70.